The molecule has 0 spiro atoms. The van der Waals surface area contributed by atoms with Crippen LogP contribution in [0.2, 0.25) is 0 Å². The number of hydrogen-bond donors (Lipinski definition) is 1. The summed E-state index contributed by atoms with van der Waals surface area (Å²) in [6, 6.07) is 1.44. The maximum atomic E-state index is 5.55. The predicted octanol–water partition coefficient (Wildman–Crippen LogP) is 1.45. The van der Waals surface area contributed by atoms with Gasteiger partial charge in [-0.25, -0.2) is 0 Å². The van der Waals surface area contributed by atoms with Crippen molar-refractivity contribution in [1.82, 2.24) is 4.90 Å². The second-order valence-electron chi connectivity index (χ2n) is 4.31. The summed E-state index contributed by atoms with van der Waals surface area (Å²) < 4.78 is 0. The van der Waals surface area contributed by atoms with Gasteiger partial charge in [-0.05, 0) is 39.2 Å². The standard InChI is InChI=1S/C10H22N2/c1-8-6-10(3)12(7-8)9(2)4-5-11/h8-10H,4-7,11H2,1-3H3. The van der Waals surface area contributed by atoms with Crippen LogP contribution in [0.5, 0.6) is 0 Å². The summed E-state index contributed by atoms with van der Waals surface area (Å²) in [7, 11) is 0. The van der Waals surface area contributed by atoms with Gasteiger partial charge in [-0.1, -0.05) is 6.92 Å². The van der Waals surface area contributed by atoms with Gasteiger partial charge in [-0.2, -0.15) is 0 Å². The quantitative estimate of drug-likeness (QED) is 0.694. The maximum Gasteiger partial charge on any atom is 0.00818 e. The summed E-state index contributed by atoms with van der Waals surface area (Å²) in [4.78, 5) is 2.59. The zero-order valence-electron chi connectivity index (χ0n) is 8.59. The summed E-state index contributed by atoms with van der Waals surface area (Å²) in [5, 5.41) is 0. The maximum absolute atomic E-state index is 5.55. The van der Waals surface area contributed by atoms with E-state index in [0.717, 1.165) is 24.9 Å². The zero-order chi connectivity index (χ0) is 9.14. The number of nitrogens with zero attached hydrogens (tertiary/aromatic N) is 1. The Morgan fingerprint density at radius 3 is 2.58 bits per heavy atom. The van der Waals surface area contributed by atoms with Gasteiger partial charge in [0.05, 0.1) is 0 Å². The van der Waals surface area contributed by atoms with E-state index in [9.17, 15) is 0 Å². The Hall–Kier alpha value is -0.0800. The monoisotopic (exact) mass is 170 g/mol. The fourth-order valence-electron chi connectivity index (χ4n) is 2.35. The topological polar surface area (TPSA) is 29.3 Å². The van der Waals surface area contributed by atoms with Gasteiger partial charge in [0, 0.05) is 18.6 Å². The summed E-state index contributed by atoms with van der Waals surface area (Å²) in [5.74, 6) is 0.875. The first-order chi connectivity index (χ1) is 5.65. The number of hydrogen-bond acceptors (Lipinski definition) is 2. The molecular formula is C10H22N2. The van der Waals surface area contributed by atoms with Crippen molar-refractivity contribution < 1.29 is 0 Å². The molecule has 12 heavy (non-hydrogen) atoms. The van der Waals surface area contributed by atoms with Gasteiger partial charge in [0.25, 0.3) is 0 Å². The Morgan fingerprint density at radius 1 is 1.50 bits per heavy atom. The molecule has 0 aromatic rings. The van der Waals surface area contributed by atoms with Crippen molar-refractivity contribution in [3.63, 3.8) is 0 Å². The molecule has 0 saturated carbocycles. The Morgan fingerprint density at radius 2 is 2.17 bits per heavy atom. The van der Waals surface area contributed by atoms with E-state index in [4.69, 9.17) is 5.73 Å². The lowest BCUT2D eigenvalue weighted by Gasteiger charge is -2.28. The van der Waals surface area contributed by atoms with Crippen LogP contribution in [0.25, 0.3) is 0 Å². The number of likely N-dealkylation sites (tertiary alicyclic amines) is 1. The SMILES string of the molecule is CC1CC(C)N(C(C)CCN)C1. The molecule has 2 nitrogen and oxygen atoms in total. The van der Waals surface area contributed by atoms with Crippen LogP contribution in [0.3, 0.4) is 0 Å². The molecule has 0 aliphatic carbocycles. The van der Waals surface area contributed by atoms with Crippen LogP contribution in [0.4, 0.5) is 0 Å². The molecule has 1 saturated heterocycles. The van der Waals surface area contributed by atoms with Crippen molar-refractivity contribution >= 4 is 0 Å². The molecule has 3 unspecified atom stereocenters. The van der Waals surface area contributed by atoms with E-state index in [1.165, 1.54) is 13.0 Å². The van der Waals surface area contributed by atoms with E-state index in [1.807, 2.05) is 0 Å². The summed E-state index contributed by atoms with van der Waals surface area (Å²) >= 11 is 0. The van der Waals surface area contributed by atoms with Crippen molar-refractivity contribution in [2.75, 3.05) is 13.1 Å². The fourth-order valence-corrected chi connectivity index (χ4v) is 2.35. The van der Waals surface area contributed by atoms with E-state index < -0.39 is 0 Å². The third-order valence-corrected chi connectivity index (χ3v) is 2.98. The first kappa shape index (κ1) is 10.0. The molecule has 0 amide bonds. The third-order valence-electron chi connectivity index (χ3n) is 2.98. The van der Waals surface area contributed by atoms with Gasteiger partial charge in [-0.15, -0.1) is 0 Å². The molecule has 1 aliphatic heterocycles. The molecule has 1 rings (SSSR count). The molecular weight excluding hydrogens is 148 g/mol. The molecule has 0 bridgehead atoms. The highest BCUT2D eigenvalue weighted by molar-refractivity contribution is 4.83. The van der Waals surface area contributed by atoms with Crippen LogP contribution in [-0.4, -0.2) is 30.1 Å². The van der Waals surface area contributed by atoms with E-state index in [0.29, 0.717) is 6.04 Å². The van der Waals surface area contributed by atoms with Crippen LogP contribution in [0, 0.1) is 5.92 Å². The smallest absolute Gasteiger partial charge is 0.00818 e. The van der Waals surface area contributed by atoms with Gasteiger partial charge in [-0.3, -0.25) is 4.90 Å². The van der Waals surface area contributed by atoms with Gasteiger partial charge >= 0.3 is 0 Å². The van der Waals surface area contributed by atoms with Gasteiger partial charge in [0.1, 0.15) is 0 Å². The molecule has 1 heterocycles. The van der Waals surface area contributed by atoms with E-state index >= 15 is 0 Å². The zero-order valence-corrected chi connectivity index (χ0v) is 8.59. The van der Waals surface area contributed by atoms with Crippen LogP contribution >= 0.6 is 0 Å². The Balaban J connectivity index is 2.40. The highest BCUT2D eigenvalue weighted by Crippen LogP contribution is 2.25. The molecule has 0 aromatic heterocycles. The average molecular weight is 170 g/mol. The lowest BCUT2D eigenvalue weighted by atomic mass is 10.1. The van der Waals surface area contributed by atoms with E-state index in [2.05, 4.69) is 25.7 Å². The van der Waals surface area contributed by atoms with Crippen LogP contribution in [0.15, 0.2) is 0 Å². The summed E-state index contributed by atoms with van der Waals surface area (Å²) in [6.07, 6.45) is 2.49. The largest absolute Gasteiger partial charge is 0.330 e. The van der Waals surface area contributed by atoms with Crippen molar-refractivity contribution in [3.8, 4) is 0 Å². The van der Waals surface area contributed by atoms with E-state index in [1.54, 1.807) is 0 Å². The second kappa shape index (κ2) is 4.24. The summed E-state index contributed by atoms with van der Waals surface area (Å²) in [6.45, 7) is 9.05. The lowest BCUT2D eigenvalue weighted by Crippen LogP contribution is -2.37. The van der Waals surface area contributed by atoms with Gasteiger partial charge in [0.2, 0.25) is 0 Å². The minimum atomic E-state index is 0.676. The second-order valence-corrected chi connectivity index (χ2v) is 4.31. The van der Waals surface area contributed by atoms with Crippen LogP contribution in [0.1, 0.15) is 33.6 Å². The van der Waals surface area contributed by atoms with Crippen molar-refractivity contribution in [3.05, 3.63) is 0 Å². The fraction of sp³-hybridized carbons (Fsp3) is 1.00. The molecule has 72 valence electrons. The molecule has 2 heteroatoms. The molecule has 3 atom stereocenters. The normalized spacial score (nSPS) is 34.0. The van der Waals surface area contributed by atoms with Gasteiger partial charge in [0.15, 0.2) is 0 Å². The molecule has 0 aromatic carbocycles. The molecule has 2 N–H and O–H groups in total. The lowest BCUT2D eigenvalue weighted by molar-refractivity contribution is 0.192. The highest BCUT2D eigenvalue weighted by Gasteiger charge is 2.28. The van der Waals surface area contributed by atoms with E-state index in [-0.39, 0.29) is 0 Å². The molecule has 1 fully saturated rings. The third kappa shape index (κ3) is 2.20. The molecule has 0 radical (unpaired) electrons. The first-order valence-corrected chi connectivity index (χ1v) is 5.11. The minimum absolute atomic E-state index is 0.676. The van der Waals surface area contributed by atoms with Crippen molar-refractivity contribution in [2.24, 2.45) is 11.7 Å². The van der Waals surface area contributed by atoms with Crippen LogP contribution < -0.4 is 5.73 Å². The van der Waals surface area contributed by atoms with Gasteiger partial charge < -0.3 is 5.73 Å². The highest BCUT2D eigenvalue weighted by atomic mass is 15.2. The van der Waals surface area contributed by atoms with Crippen molar-refractivity contribution in [1.29, 1.82) is 0 Å². The van der Waals surface area contributed by atoms with Crippen molar-refractivity contribution in [2.45, 2.75) is 45.7 Å². The minimum Gasteiger partial charge on any atom is -0.330 e. The predicted molar refractivity (Wildman–Crippen MR) is 53.1 cm³/mol. The molecule has 1 aliphatic rings. The summed E-state index contributed by atoms with van der Waals surface area (Å²) in [5.41, 5.74) is 5.55. The average Bonchev–Trinajstić information content (AvgIpc) is 2.30. The van der Waals surface area contributed by atoms with Crippen LogP contribution in [-0.2, 0) is 0 Å². The Bertz CT molecular complexity index is 136. The Labute approximate surface area is 76.1 Å². The first-order valence-electron chi connectivity index (χ1n) is 5.11. The number of rotatable bonds is 3. The Kier molecular flexibility index (Phi) is 3.53. The number of nitrogens with two attached hydrogens (primary N) is 1.